The summed E-state index contributed by atoms with van der Waals surface area (Å²) in [6.45, 7) is 0.162. The van der Waals surface area contributed by atoms with Crippen molar-refractivity contribution in [1.29, 1.82) is 0 Å². The number of aliphatic hydroxyl groups is 1. The van der Waals surface area contributed by atoms with Crippen LogP contribution in [0.15, 0.2) is 84.7 Å². The highest BCUT2D eigenvalue weighted by molar-refractivity contribution is 6.46. The molecular weight excluding hydrogens is 368 g/mol. The third kappa shape index (κ3) is 3.48. The molecule has 0 saturated carbocycles. The number of phenolic OH excluding ortho intramolecular Hbond substituents is 1. The maximum absolute atomic E-state index is 12.9. The van der Waals surface area contributed by atoms with Gasteiger partial charge in [0.25, 0.3) is 11.7 Å². The Morgan fingerprint density at radius 3 is 2.34 bits per heavy atom. The van der Waals surface area contributed by atoms with E-state index in [0.29, 0.717) is 11.1 Å². The van der Waals surface area contributed by atoms with Crippen molar-refractivity contribution in [2.24, 2.45) is 0 Å². The predicted molar refractivity (Wildman–Crippen MR) is 107 cm³/mol. The van der Waals surface area contributed by atoms with E-state index in [1.807, 2.05) is 6.07 Å². The first-order chi connectivity index (χ1) is 14.1. The minimum Gasteiger partial charge on any atom is -0.508 e. The summed E-state index contributed by atoms with van der Waals surface area (Å²) < 4.78 is 0. The van der Waals surface area contributed by atoms with Gasteiger partial charge in [0.2, 0.25) is 0 Å². The Balaban J connectivity index is 1.86. The van der Waals surface area contributed by atoms with E-state index in [0.717, 1.165) is 5.56 Å². The standard InChI is InChI=1S/C23H18N2O4/c26-18-10-8-16(9-11-18)20-19(21(27)17-6-2-1-3-7-17)22(28)23(29)25(20)14-15-5-4-12-24-13-15/h1-13,20,26-27H,14H2/t20-/m1/s1. The van der Waals surface area contributed by atoms with Crippen molar-refractivity contribution >= 4 is 17.4 Å². The first-order valence-corrected chi connectivity index (χ1v) is 9.08. The van der Waals surface area contributed by atoms with Crippen molar-refractivity contribution < 1.29 is 19.8 Å². The number of aromatic hydroxyl groups is 1. The van der Waals surface area contributed by atoms with Gasteiger partial charge in [-0.15, -0.1) is 0 Å². The lowest BCUT2D eigenvalue weighted by molar-refractivity contribution is -0.140. The lowest BCUT2D eigenvalue weighted by Crippen LogP contribution is -2.29. The second-order valence-corrected chi connectivity index (χ2v) is 6.75. The monoisotopic (exact) mass is 386 g/mol. The SMILES string of the molecule is O=C1C(=O)N(Cc2cccnc2)[C@H](c2ccc(O)cc2)C1=C(O)c1ccccc1. The topological polar surface area (TPSA) is 90.7 Å². The number of carbonyl (C=O) groups excluding carboxylic acids is 2. The average Bonchev–Trinajstić information content (AvgIpc) is 3.00. The van der Waals surface area contributed by atoms with Crippen LogP contribution in [0, 0.1) is 0 Å². The van der Waals surface area contributed by atoms with Gasteiger partial charge in [0, 0.05) is 24.5 Å². The zero-order valence-corrected chi connectivity index (χ0v) is 15.4. The van der Waals surface area contributed by atoms with Gasteiger partial charge in [-0.1, -0.05) is 48.5 Å². The van der Waals surface area contributed by atoms with Crippen LogP contribution in [0.2, 0.25) is 0 Å². The molecule has 29 heavy (non-hydrogen) atoms. The molecule has 2 aromatic carbocycles. The Labute approximate surface area is 167 Å². The molecule has 1 fully saturated rings. The van der Waals surface area contributed by atoms with Gasteiger partial charge >= 0.3 is 0 Å². The van der Waals surface area contributed by atoms with Crippen molar-refractivity contribution in [3.05, 3.63) is 101 Å². The first-order valence-electron chi connectivity index (χ1n) is 9.08. The number of Topliss-reactive ketones (excluding diaryl/α,β-unsaturated/α-hetero) is 1. The number of pyridine rings is 1. The Morgan fingerprint density at radius 2 is 1.69 bits per heavy atom. The van der Waals surface area contributed by atoms with E-state index in [1.54, 1.807) is 60.9 Å². The van der Waals surface area contributed by atoms with Crippen molar-refractivity contribution in [2.75, 3.05) is 0 Å². The van der Waals surface area contributed by atoms with Gasteiger partial charge in [-0.05, 0) is 29.3 Å². The molecule has 0 spiro atoms. The van der Waals surface area contributed by atoms with Crippen LogP contribution in [0.25, 0.3) is 5.76 Å². The number of benzene rings is 2. The molecule has 0 bridgehead atoms. The van der Waals surface area contributed by atoms with Gasteiger partial charge in [0.15, 0.2) is 0 Å². The minimum atomic E-state index is -0.781. The van der Waals surface area contributed by atoms with Crippen molar-refractivity contribution in [2.45, 2.75) is 12.6 Å². The molecule has 3 aromatic rings. The van der Waals surface area contributed by atoms with Crippen LogP contribution in [-0.2, 0) is 16.1 Å². The molecule has 144 valence electrons. The highest BCUT2D eigenvalue weighted by Gasteiger charge is 2.46. The van der Waals surface area contributed by atoms with Crippen molar-refractivity contribution in [3.8, 4) is 5.75 Å². The number of aromatic nitrogens is 1. The molecule has 2 N–H and O–H groups in total. The fraction of sp³-hybridized carbons (Fsp3) is 0.0870. The van der Waals surface area contributed by atoms with Crippen LogP contribution in [-0.4, -0.2) is 31.8 Å². The summed E-state index contributed by atoms with van der Waals surface area (Å²) in [7, 11) is 0. The van der Waals surface area contributed by atoms with Gasteiger partial charge < -0.3 is 15.1 Å². The highest BCUT2D eigenvalue weighted by atomic mass is 16.3. The Kier molecular flexibility index (Phi) is 4.83. The maximum Gasteiger partial charge on any atom is 0.295 e. The average molecular weight is 386 g/mol. The number of ketones is 1. The predicted octanol–water partition coefficient (Wildman–Crippen LogP) is 3.41. The molecule has 1 aliphatic rings. The zero-order chi connectivity index (χ0) is 20.4. The van der Waals surface area contributed by atoms with E-state index >= 15 is 0 Å². The van der Waals surface area contributed by atoms with Crippen molar-refractivity contribution in [1.82, 2.24) is 9.88 Å². The van der Waals surface area contributed by atoms with Gasteiger partial charge in [-0.2, -0.15) is 0 Å². The van der Waals surface area contributed by atoms with Crippen LogP contribution in [0.4, 0.5) is 0 Å². The van der Waals surface area contributed by atoms with Crippen molar-refractivity contribution in [3.63, 3.8) is 0 Å². The number of hydrogen-bond donors (Lipinski definition) is 2. The molecule has 4 rings (SSSR count). The van der Waals surface area contributed by atoms with E-state index in [9.17, 15) is 19.8 Å². The van der Waals surface area contributed by atoms with Crippen LogP contribution in [0.3, 0.4) is 0 Å². The van der Waals surface area contributed by atoms with Gasteiger partial charge in [-0.25, -0.2) is 0 Å². The second-order valence-electron chi connectivity index (χ2n) is 6.75. The third-order valence-electron chi connectivity index (χ3n) is 4.87. The minimum absolute atomic E-state index is 0.0239. The van der Waals surface area contributed by atoms with Crippen LogP contribution in [0.1, 0.15) is 22.7 Å². The number of aliphatic hydroxyl groups excluding tert-OH is 1. The molecule has 0 aliphatic carbocycles. The molecule has 1 saturated heterocycles. The van der Waals surface area contributed by atoms with E-state index in [-0.39, 0.29) is 23.6 Å². The summed E-state index contributed by atoms with van der Waals surface area (Å²) in [5, 5.41) is 20.5. The Morgan fingerprint density at radius 1 is 0.966 bits per heavy atom. The summed E-state index contributed by atoms with van der Waals surface area (Å²) >= 11 is 0. The maximum atomic E-state index is 12.9. The van der Waals surface area contributed by atoms with E-state index in [4.69, 9.17) is 0 Å². The Bertz CT molecular complexity index is 1080. The molecular formula is C23H18N2O4. The van der Waals surface area contributed by atoms with E-state index in [1.165, 1.54) is 17.0 Å². The lowest BCUT2D eigenvalue weighted by atomic mass is 9.95. The molecule has 0 unspecified atom stereocenters. The summed E-state index contributed by atoms with van der Waals surface area (Å²) in [6, 6.07) is 17.7. The fourth-order valence-corrected chi connectivity index (χ4v) is 3.49. The molecule has 1 amide bonds. The Hall–Kier alpha value is -3.93. The third-order valence-corrected chi connectivity index (χ3v) is 4.87. The van der Waals surface area contributed by atoms with E-state index < -0.39 is 17.7 Å². The van der Waals surface area contributed by atoms with Crippen LogP contribution < -0.4 is 0 Å². The molecule has 6 heteroatoms. The summed E-state index contributed by atoms with van der Waals surface area (Å²) in [6.07, 6.45) is 3.26. The largest absolute Gasteiger partial charge is 0.508 e. The number of rotatable bonds is 4. The lowest BCUT2D eigenvalue weighted by Gasteiger charge is -2.25. The summed E-state index contributed by atoms with van der Waals surface area (Å²) in [5.41, 5.74) is 1.85. The molecule has 6 nitrogen and oxygen atoms in total. The fourth-order valence-electron chi connectivity index (χ4n) is 3.49. The number of nitrogens with zero attached hydrogens (tertiary/aromatic N) is 2. The summed E-state index contributed by atoms with van der Waals surface area (Å²) in [4.78, 5) is 31.2. The van der Waals surface area contributed by atoms with Gasteiger partial charge in [-0.3, -0.25) is 14.6 Å². The normalized spacial score (nSPS) is 18.2. The molecule has 0 radical (unpaired) electrons. The molecule has 1 atom stereocenters. The smallest absolute Gasteiger partial charge is 0.295 e. The zero-order valence-electron chi connectivity index (χ0n) is 15.4. The number of amides is 1. The second kappa shape index (κ2) is 7.59. The number of phenols is 1. The van der Waals surface area contributed by atoms with Gasteiger partial charge in [0.05, 0.1) is 11.6 Å². The number of hydrogen-bond acceptors (Lipinski definition) is 5. The molecule has 2 heterocycles. The van der Waals surface area contributed by atoms with Crippen LogP contribution >= 0.6 is 0 Å². The molecule has 1 aliphatic heterocycles. The van der Waals surface area contributed by atoms with Gasteiger partial charge in [0.1, 0.15) is 11.5 Å². The number of likely N-dealkylation sites (tertiary alicyclic amines) is 1. The van der Waals surface area contributed by atoms with E-state index in [2.05, 4.69) is 4.98 Å². The highest BCUT2D eigenvalue weighted by Crippen LogP contribution is 2.40. The number of carbonyl (C=O) groups is 2. The van der Waals surface area contributed by atoms with Crippen LogP contribution in [0.5, 0.6) is 5.75 Å². The molecule has 1 aromatic heterocycles. The quantitative estimate of drug-likeness (QED) is 0.407. The summed E-state index contributed by atoms with van der Waals surface area (Å²) in [5.74, 6) is -1.59. The first kappa shape index (κ1) is 18.4.